The summed E-state index contributed by atoms with van der Waals surface area (Å²) in [6.07, 6.45) is 0.474. The van der Waals surface area contributed by atoms with Gasteiger partial charge in [-0.25, -0.2) is 4.79 Å². The summed E-state index contributed by atoms with van der Waals surface area (Å²) in [5, 5.41) is 6.05. The number of fused-ring (bicyclic) bond motifs is 1. The average molecular weight is 1350 g/mol. The van der Waals surface area contributed by atoms with Crippen molar-refractivity contribution in [3.63, 3.8) is 0 Å². The minimum absolute atomic E-state index is 0.0208. The van der Waals surface area contributed by atoms with Crippen LogP contribution in [0.5, 0.6) is 0 Å². The first kappa shape index (κ1) is 71.9. The van der Waals surface area contributed by atoms with E-state index < -0.39 is 23.5 Å². The lowest BCUT2D eigenvalue weighted by Crippen LogP contribution is -2.50. The zero-order chi connectivity index (χ0) is 65.3. The van der Waals surface area contributed by atoms with Gasteiger partial charge in [0.1, 0.15) is 23.0 Å². The molecule has 3 N–H and O–H groups in total. The van der Waals surface area contributed by atoms with E-state index in [0.717, 1.165) is 22.0 Å². The number of imide groups is 1. The molecular formula is C64H79Cl6N9O10. The van der Waals surface area contributed by atoms with E-state index in [1.807, 2.05) is 41.3 Å². The quantitative estimate of drug-likeness (QED) is 0.0786. The Bertz CT molecular complexity index is 3100. The molecule has 89 heavy (non-hydrogen) atoms. The van der Waals surface area contributed by atoms with E-state index in [9.17, 15) is 43.2 Å². The molecule has 0 aliphatic carbocycles. The standard InChI is InChI=1S/C25H25Cl2N3O4.C22H31Cl2N3O4.C17H23Cl2N3O2/c1-16(12-20(31)6-7-30-24(33)21-4-2-3-5-22(21)25(30)34)23(32)29-10-8-28(9-11-29)19-14-17(26)13-18(27)15-19;1-15(11-19(28)5-6-25-21(30)31-22(2,3)4)20(29)27-9-7-26(8-10-27)18-13-16(23)12-17(24)14-18;1-12(8-16(23)2-3-20)17(24)22-6-4-21(5-7-22)15-10-13(18)9-14(19)11-15/h2-5,13-16H,6-12H2,1H3;12-15H,5-11H2,1-4H3,(H,25,30);9-12H,2-8,20H2,1H3. The molecule has 0 bridgehead atoms. The minimum Gasteiger partial charge on any atom is -0.444 e. The molecule has 4 aromatic rings. The molecule has 0 aromatic heterocycles. The number of nitrogens with zero attached hydrogens (tertiary/aromatic N) is 7. The minimum atomic E-state index is -0.585. The summed E-state index contributed by atoms with van der Waals surface area (Å²) in [7, 11) is 0. The number of rotatable bonds is 20. The molecule has 0 spiro atoms. The lowest BCUT2D eigenvalue weighted by atomic mass is 10.0. The van der Waals surface area contributed by atoms with Crippen LogP contribution >= 0.6 is 69.6 Å². The van der Waals surface area contributed by atoms with E-state index in [1.54, 1.807) is 93.8 Å². The number of anilines is 3. The van der Waals surface area contributed by atoms with Gasteiger partial charge in [0, 0.05) is 195 Å². The van der Waals surface area contributed by atoms with Crippen molar-refractivity contribution in [1.29, 1.82) is 0 Å². The third-order valence-corrected chi connectivity index (χ3v) is 16.6. The van der Waals surface area contributed by atoms with Gasteiger partial charge in [0.2, 0.25) is 17.7 Å². The van der Waals surface area contributed by atoms with Crippen LogP contribution in [0.3, 0.4) is 0 Å². The molecule has 0 radical (unpaired) electrons. The fourth-order valence-electron chi connectivity index (χ4n) is 10.7. The molecule has 19 nitrogen and oxygen atoms in total. The molecule has 3 atom stereocenters. The summed E-state index contributed by atoms with van der Waals surface area (Å²) in [4.78, 5) is 124. The van der Waals surface area contributed by atoms with Gasteiger partial charge >= 0.3 is 6.09 Å². The number of nitrogens with one attached hydrogen (secondary N) is 1. The number of halogens is 6. The Labute approximate surface area is 551 Å². The van der Waals surface area contributed by atoms with E-state index in [4.69, 9.17) is 80.1 Å². The van der Waals surface area contributed by atoms with Crippen LogP contribution in [0, 0.1) is 17.8 Å². The smallest absolute Gasteiger partial charge is 0.407 e. The fourth-order valence-corrected chi connectivity index (χ4v) is 12.2. The number of hydrogen-bond donors (Lipinski definition) is 2. The van der Waals surface area contributed by atoms with Crippen LogP contribution in [-0.2, 0) is 33.5 Å². The van der Waals surface area contributed by atoms with Crippen LogP contribution < -0.4 is 25.8 Å². The van der Waals surface area contributed by atoms with Gasteiger partial charge in [-0.05, 0) is 94.0 Å². The maximum absolute atomic E-state index is 12.9. The number of benzene rings is 4. The molecule has 4 heterocycles. The highest BCUT2D eigenvalue weighted by Crippen LogP contribution is 2.30. The zero-order valence-electron chi connectivity index (χ0n) is 51.1. The number of carbonyl (C=O) groups excluding carboxylic acids is 9. The maximum atomic E-state index is 12.9. The second kappa shape index (κ2) is 33.8. The number of carbonyl (C=O) groups is 9. The summed E-state index contributed by atoms with van der Waals surface area (Å²) in [6, 6.07) is 22.9. The second-order valence-electron chi connectivity index (χ2n) is 23.5. The number of Topliss-reactive ketones (excluding diaryl/α,β-unsaturated/α-hetero) is 3. The molecule has 4 aromatic carbocycles. The van der Waals surface area contributed by atoms with E-state index in [1.165, 1.54) is 0 Å². The van der Waals surface area contributed by atoms with Crippen molar-refractivity contribution in [2.75, 3.05) is 113 Å². The summed E-state index contributed by atoms with van der Waals surface area (Å²) >= 11 is 36.5. The molecule has 3 fully saturated rings. The van der Waals surface area contributed by atoms with Gasteiger partial charge in [0.05, 0.1) is 11.1 Å². The van der Waals surface area contributed by atoms with Gasteiger partial charge in [-0.1, -0.05) is 103 Å². The van der Waals surface area contributed by atoms with Crippen LogP contribution in [0.4, 0.5) is 21.9 Å². The van der Waals surface area contributed by atoms with E-state index >= 15 is 0 Å². The van der Waals surface area contributed by atoms with Crippen LogP contribution in [0.2, 0.25) is 30.1 Å². The highest BCUT2D eigenvalue weighted by molar-refractivity contribution is 6.36. The molecule has 6 amide bonds. The van der Waals surface area contributed by atoms with Gasteiger partial charge < -0.3 is 45.2 Å². The number of hydrogen-bond acceptors (Lipinski definition) is 14. The van der Waals surface area contributed by atoms with Gasteiger partial charge in [-0.3, -0.25) is 43.3 Å². The van der Waals surface area contributed by atoms with Crippen molar-refractivity contribution in [1.82, 2.24) is 24.9 Å². The zero-order valence-corrected chi connectivity index (χ0v) is 55.7. The number of ketones is 3. The third-order valence-electron chi connectivity index (χ3n) is 15.3. The molecule has 8 rings (SSSR count). The van der Waals surface area contributed by atoms with Crippen molar-refractivity contribution in [2.24, 2.45) is 23.5 Å². The Balaban J connectivity index is 0.000000216. The van der Waals surface area contributed by atoms with Crippen LogP contribution in [0.1, 0.15) is 101 Å². The maximum Gasteiger partial charge on any atom is 0.407 e. The number of ether oxygens (including phenoxy) is 1. The first-order valence-electron chi connectivity index (χ1n) is 29.8. The van der Waals surface area contributed by atoms with Gasteiger partial charge in [-0.15, -0.1) is 0 Å². The van der Waals surface area contributed by atoms with Crippen molar-refractivity contribution >= 4 is 140 Å². The molecule has 3 saturated heterocycles. The largest absolute Gasteiger partial charge is 0.444 e. The topological polar surface area (TPSA) is 224 Å². The second-order valence-corrected chi connectivity index (χ2v) is 26.1. The van der Waals surface area contributed by atoms with Gasteiger partial charge in [0.15, 0.2) is 0 Å². The highest BCUT2D eigenvalue weighted by Gasteiger charge is 2.36. The number of amides is 6. The lowest BCUT2D eigenvalue weighted by Gasteiger charge is -2.37. The summed E-state index contributed by atoms with van der Waals surface area (Å²) in [6.45, 7) is 18.7. The Hall–Kier alpha value is -6.19. The number of nitrogens with two attached hydrogens (primary N) is 1. The normalized spacial score (nSPS) is 16.1. The summed E-state index contributed by atoms with van der Waals surface area (Å²) in [5.41, 5.74) is 8.33. The van der Waals surface area contributed by atoms with E-state index in [-0.39, 0.29) is 98.0 Å². The number of piperazine rings is 3. The molecule has 482 valence electrons. The predicted octanol–water partition coefficient (Wildman–Crippen LogP) is 10.7. The predicted molar refractivity (Wildman–Crippen MR) is 351 cm³/mol. The molecule has 0 saturated carbocycles. The van der Waals surface area contributed by atoms with Crippen LogP contribution in [-0.4, -0.2) is 176 Å². The van der Waals surface area contributed by atoms with Crippen molar-refractivity contribution in [3.8, 4) is 0 Å². The fraction of sp³-hybridized carbons (Fsp3) is 0.484. The van der Waals surface area contributed by atoms with Crippen LogP contribution in [0.15, 0.2) is 78.9 Å². The summed E-state index contributed by atoms with van der Waals surface area (Å²) in [5.74, 6) is -2.16. The highest BCUT2D eigenvalue weighted by atomic mass is 35.5. The van der Waals surface area contributed by atoms with Gasteiger partial charge in [-0.2, -0.15) is 0 Å². The Kier molecular flexibility index (Phi) is 27.3. The molecule has 25 heteroatoms. The van der Waals surface area contributed by atoms with E-state index in [2.05, 4.69) is 20.0 Å². The molecule has 3 unspecified atom stereocenters. The SMILES string of the molecule is CC(CC(=O)CCN)C(=O)N1CCN(c2cc(Cl)cc(Cl)c2)CC1.CC(CC(=O)CCN1C(=O)c2ccccc2C1=O)C(=O)N1CCN(c2cc(Cl)cc(Cl)c2)CC1.CC(CC(=O)CCNC(=O)OC(C)(C)C)C(=O)N1CCN(c2cc(Cl)cc(Cl)c2)CC1. The lowest BCUT2D eigenvalue weighted by molar-refractivity contribution is -0.138. The number of alkyl carbamates (subject to hydrolysis) is 1. The van der Waals surface area contributed by atoms with Crippen molar-refractivity contribution in [2.45, 2.75) is 85.7 Å². The van der Waals surface area contributed by atoms with Gasteiger partial charge in [0.25, 0.3) is 11.8 Å². The molecule has 4 aliphatic heterocycles. The molecule has 4 aliphatic rings. The van der Waals surface area contributed by atoms with E-state index in [0.29, 0.717) is 133 Å². The third kappa shape index (κ3) is 22.0. The molecular weight excluding hydrogens is 1270 g/mol. The average Bonchev–Trinajstić information content (AvgIpc) is 1.73. The van der Waals surface area contributed by atoms with Crippen molar-refractivity contribution < 1.29 is 47.9 Å². The van der Waals surface area contributed by atoms with Crippen molar-refractivity contribution in [3.05, 3.63) is 120 Å². The Morgan fingerprint density at radius 1 is 0.483 bits per heavy atom. The Morgan fingerprint density at radius 2 is 0.787 bits per heavy atom. The Morgan fingerprint density at radius 3 is 1.09 bits per heavy atom. The first-order valence-corrected chi connectivity index (χ1v) is 32.0. The summed E-state index contributed by atoms with van der Waals surface area (Å²) < 4.78 is 5.13. The first-order chi connectivity index (χ1) is 42.1. The monoisotopic (exact) mass is 1340 g/mol. The van der Waals surface area contributed by atoms with Crippen LogP contribution in [0.25, 0.3) is 0 Å².